The SMILES string of the molecule is CN(C)C(=O)CN1CCN(C(=O)CN2CCN(c3cnccn3)CC2)CC1. The average Bonchev–Trinajstić information content (AvgIpc) is 2.69. The van der Waals surface area contributed by atoms with Crippen molar-refractivity contribution in [3.05, 3.63) is 18.6 Å². The first kappa shape index (κ1) is 19.5. The van der Waals surface area contributed by atoms with Gasteiger partial charge in [0.25, 0.3) is 0 Å². The second-order valence-corrected chi connectivity index (χ2v) is 7.27. The van der Waals surface area contributed by atoms with E-state index in [2.05, 4.69) is 24.7 Å². The van der Waals surface area contributed by atoms with E-state index in [4.69, 9.17) is 0 Å². The van der Waals surface area contributed by atoms with Gasteiger partial charge in [-0.15, -0.1) is 0 Å². The predicted molar refractivity (Wildman–Crippen MR) is 102 cm³/mol. The van der Waals surface area contributed by atoms with Gasteiger partial charge in [0, 0.05) is 78.8 Å². The summed E-state index contributed by atoms with van der Waals surface area (Å²) < 4.78 is 0. The molecule has 3 rings (SSSR count). The lowest BCUT2D eigenvalue weighted by atomic mass is 10.2. The Morgan fingerprint density at radius 3 is 2.15 bits per heavy atom. The molecular formula is C18H29N7O2. The molecule has 0 unspecified atom stereocenters. The van der Waals surface area contributed by atoms with Gasteiger partial charge in [-0.3, -0.25) is 24.4 Å². The van der Waals surface area contributed by atoms with Crippen LogP contribution in [0.3, 0.4) is 0 Å². The van der Waals surface area contributed by atoms with E-state index >= 15 is 0 Å². The Balaban J connectivity index is 1.38. The number of rotatable bonds is 5. The fourth-order valence-electron chi connectivity index (χ4n) is 3.37. The molecule has 0 atom stereocenters. The molecule has 2 fully saturated rings. The lowest BCUT2D eigenvalue weighted by molar-refractivity contribution is -0.135. The number of anilines is 1. The molecule has 1 aromatic heterocycles. The van der Waals surface area contributed by atoms with Gasteiger partial charge in [-0.2, -0.15) is 0 Å². The summed E-state index contributed by atoms with van der Waals surface area (Å²) in [5, 5.41) is 0. The molecule has 0 spiro atoms. The molecule has 2 aliphatic heterocycles. The van der Waals surface area contributed by atoms with Crippen molar-refractivity contribution in [3.8, 4) is 0 Å². The standard InChI is InChI=1S/C18H29N7O2/c1-21(2)17(26)14-22-7-11-25(12-8-22)18(27)15-23-5-9-24(10-6-23)16-13-19-3-4-20-16/h3-4,13H,5-12,14-15H2,1-2H3. The molecule has 148 valence electrons. The molecule has 3 heterocycles. The predicted octanol–water partition coefficient (Wildman–Crippen LogP) is -1.17. The maximum atomic E-state index is 12.6. The molecule has 0 radical (unpaired) electrons. The van der Waals surface area contributed by atoms with Gasteiger partial charge in [-0.05, 0) is 0 Å². The molecule has 0 bridgehead atoms. The molecule has 0 aromatic carbocycles. The molecule has 2 aliphatic rings. The molecule has 1 aromatic rings. The van der Waals surface area contributed by atoms with Crippen molar-refractivity contribution in [1.29, 1.82) is 0 Å². The Hall–Kier alpha value is -2.26. The second kappa shape index (κ2) is 9.09. The van der Waals surface area contributed by atoms with Crippen molar-refractivity contribution in [2.45, 2.75) is 0 Å². The van der Waals surface area contributed by atoms with Gasteiger partial charge in [0.1, 0.15) is 5.82 Å². The number of likely N-dealkylation sites (N-methyl/N-ethyl adjacent to an activating group) is 1. The van der Waals surface area contributed by atoms with Crippen LogP contribution in [0.5, 0.6) is 0 Å². The minimum atomic E-state index is 0.107. The Morgan fingerprint density at radius 2 is 1.56 bits per heavy atom. The first-order chi connectivity index (χ1) is 13.0. The maximum Gasteiger partial charge on any atom is 0.236 e. The molecule has 2 saturated heterocycles. The third-order valence-electron chi connectivity index (χ3n) is 5.19. The van der Waals surface area contributed by atoms with E-state index in [1.54, 1.807) is 37.6 Å². The highest BCUT2D eigenvalue weighted by Crippen LogP contribution is 2.12. The summed E-state index contributed by atoms with van der Waals surface area (Å²) in [6.07, 6.45) is 5.16. The lowest BCUT2D eigenvalue weighted by Gasteiger charge is -2.38. The number of amides is 2. The van der Waals surface area contributed by atoms with Crippen molar-refractivity contribution < 1.29 is 9.59 Å². The van der Waals surface area contributed by atoms with Crippen LogP contribution < -0.4 is 4.90 Å². The number of hydrogen-bond acceptors (Lipinski definition) is 7. The summed E-state index contributed by atoms with van der Waals surface area (Å²) in [6.45, 7) is 7.19. The highest BCUT2D eigenvalue weighted by Gasteiger charge is 2.25. The van der Waals surface area contributed by atoms with Crippen LogP contribution in [0, 0.1) is 0 Å². The normalized spacial score (nSPS) is 19.2. The van der Waals surface area contributed by atoms with Crippen LogP contribution in [0.25, 0.3) is 0 Å². The first-order valence-electron chi connectivity index (χ1n) is 9.46. The number of carbonyl (C=O) groups is 2. The minimum absolute atomic E-state index is 0.107. The summed E-state index contributed by atoms with van der Waals surface area (Å²) >= 11 is 0. The summed E-state index contributed by atoms with van der Waals surface area (Å²) in [4.78, 5) is 42.9. The van der Waals surface area contributed by atoms with Gasteiger partial charge < -0.3 is 14.7 Å². The van der Waals surface area contributed by atoms with E-state index in [1.165, 1.54) is 0 Å². The number of piperazine rings is 2. The first-order valence-corrected chi connectivity index (χ1v) is 9.46. The fraction of sp³-hybridized carbons (Fsp3) is 0.667. The van der Waals surface area contributed by atoms with E-state index in [1.807, 2.05) is 4.90 Å². The van der Waals surface area contributed by atoms with Crippen molar-refractivity contribution in [1.82, 2.24) is 29.6 Å². The zero-order chi connectivity index (χ0) is 19.2. The average molecular weight is 375 g/mol. The molecule has 9 nitrogen and oxygen atoms in total. The number of carbonyl (C=O) groups excluding carboxylic acids is 2. The van der Waals surface area contributed by atoms with Gasteiger partial charge in [0.05, 0.1) is 19.3 Å². The molecule has 2 amide bonds. The van der Waals surface area contributed by atoms with Crippen LogP contribution in [0.1, 0.15) is 0 Å². The van der Waals surface area contributed by atoms with Gasteiger partial charge in [-0.1, -0.05) is 0 Å². The fourth-order valence-corrected chi connectivity index (χ4v) is 3.37. The Morgan fingerprint density at radius 1 is 0.926 bits per heavy atom. The van der Waals surface area contributed by atoms with Crippen molar-refractivity contribution >= 4 is 17.6 Å². The molecular weight excluding hydrogens is 346 g/mol. The topological polar surface area (TPSA) is 76.1 Å². The van der Waals surface area contributed by atoms with E-state index in [0.717, 1.165) is 45.1 Å². The van der Waals surface area contributed by atoms with E-state index in [0.29, 0.717) is 26.2 Å². The highest BCUT2D eigenvalue weighted by molar-refractivity contribution is 5.79. The van der Waals surface area contributed by atoms with Gasteiger partial charge in [0.15, 0.2) is 0 Å². The number of aromatic nitrogens is 2. The maximum absolute atomic E-state index is 12.6. The summed E-state index contributed by atoms with van der Waals surface area (Å²) in [7, 11) is 3.54. The van der Waals surface area contributed by atoms with E-state index in [9.17, 15) is 9.59 Å². The van der Waals surface area contributed by atoms with Crippen LogP contribution in [-0.4, -0.2) is 121 Å². The van der Waals surface area contributed by atoms with Crippen LogP contribution in [-0.2, 0) is 9.59 Å². The zero-order valence-electron chi connectivity index (χ0n) is 16.3. The third kappa shape index (κ3) is 5.36. The highest BCUT2D eigenvalue weighted by atomic mass is 16.2. The molecule has 0 aliphatic carbocycles. The minimum Gasteiger partial charge on any atom is -0.353 e. The van der Waals surface area contributed by atoms with Crippen LogP contribution in [0.4, 0.5) is 5.82 Å². The third-order valence-corrected chi connectivity index (χ3v) is 5.19. The second-order valence-electron chi connectivity index (χ2n) is 7.27. The van der Waals surface area contributed by atoms with Crippen LogP contribution in [0.15, 0.2) is 18.6 Å². The number of nitrogens with zero attached hydrogens (tertiary/aromatic N) is 7. The molecule has 27 heavy (non-hydrogen) atoms. The van der Waals surface area contributed by atoms with Crippen molar-refractivity contribution in [2.24, 2.45) is 0 Å². The zero-order valence-corrected chi connectivity index (χ0v) is 16.3. The van der Waals surface area contributed by atoms with Crippen LogP contribution in [0.2, 0.25) is 0 Å². The summed E-state index contributed by atoms with van der Waals surface area (Å²) in [6, 6.07) is 0. The van der Waals surface area contributed by atoms with Gasteiger partial charge in [-0.25, -0.2) is 4.98 Å². The molecule has 0 saturated carbocycles. The summed E-state index contributed by atoms with van der Waals surface area (Å²) in [5.41, 5.74) is 0. The molecule has 0 N–H and O–H groups in total. The quantitative estimate of drug-likeness (QED) is 0.642. The summed E-state index contributed by atoms with van der Waals surface area (Å²) in [5.74, 6) is 1.18. The van der Waals surface area contributed by atoms with Crippen molar-refractivity contribution in [2.75, 3.05) is 84.4 Å². The smallest absolute Gasteiger partial charge is 0.236 e. The molecule has 9 heteroatoms. The monoisotopic (exact) mass is 375 g/mol. The van der Waals surface area contributed by atoms with Crippen molar-refractivity contribution in [3.63, 3.8) is 0 Å². The number of hydrogen-bond donors (Lipinski definition) is 0. The van der Waals surface area contributed by atoms with E-state index < -0.39 is 0 Å². The Bertz CT molecular complexity index is 624. The lowest BCUT2D eigenvalue weighted by Crippen LogP contribution is -2.54. The van der Waals surface area contributed by atoms with Gasteiger partial charge in [0.2, 0.25) is 11.8 Å². The largest absolute Gasteiger partial charge is 0.353 e. The van der Waals surface area contributed by atoms with E-state index in [-0.39, 0.29) is 11.8 Å². The van der Waals surface area contributed by atoms with Crippen LogP contribution >= 0.6 is 0 Å². The Labute approximate surface area is 160 Å². The van der Waals surface area contributed by atoms with Gasteiger partial charge >= 0.3 is 0 Å². The Kier molecular flexibility index (Phi) is 6.57.